The summed E-state index contributed by atoms with van der Waals surface area (Å²) in [5.41, 5.74) is 0.418. The van der Waals surface area contributed by atoms with E-state index >= 15 is 0 Å². The summed E-state index contributed by atoms with van der Waals surface area (Å²) in [5, 5.41) is 13.7. The minimum atomic E-state index is -0.257. The van der Waals surface area contributed by atoms with Crippen LogP contribution in [-0.2, 0) is 4.79 Å². The molecule has 0 aliphatic carbocycles. The Hall–Kier alpha value is -1.95. The van der Waals surface area contributed by atoms with Gasteiger partial charge in [0.2, 0.25) is 5.91 Å². The summed E-state index contributed by atoms with van der Waals surface area (Å²) in [4.78, 5) is 26.4. The first-order chi connectivity index (χ1) is 8.13. The number of amides is 2. The van der Waals surface area contributed by atoms with E-state index in [1.54, 1.807) is 6.07 Å². The van der Waals surface area contributed by atoms with Gasteiger partial charge in [0, 0.05) is 31.8 Å². The highest BCUT2D eigenvalue weighted by Gasteiger charge is 2.06. The quantitative estimate of drug-likeness (QED) is 0.636. The Bertz CT molecular complexity index is 407. The molecule has 0 spiro atoms. The first kappa shape index (κ1) is 13.1. The highest BCUT2D eigenvalue weighted by molar-refractivity contribution is 5.96. The lowest BCUT2D eigenvalue weighted by molar-refractivity contribution is -0.114. The van der Waals surface area contributed by atoms with Crippen molar-refractivity contribution in [1.82, 2.24) is 10.3 Å². The molecule has 1 heterocycles. The maximum Gasteiger partial charge on any atom is 0.251 e. The fourth-order valence-electron chi connectivity index (χ4n) is 1.20. The van der Waals surface area contributed by atoms with Crippen molar-refractivity contribution in [3.8, 4) is 0 Å². The average molecular weight is 237 g/mol. The number of hydrogen-bond donors (Lipinski definition) is 3. The number of nitrogens with one attached hydrogen (secondary N) is 2. The molecule has 0 bridgehead atoms. The Kier molecular flexibility index (Phi) is 5.09. The molecule has 0 radical (unpaired) electrons. The molecule has 0 aliphatic heterocycles. The number of pyridine rings is 1. The van der Waals surface area contributed by atoms with Gasteiger partial charge >= 0.3 is 0 Å². The molecule has 6 heteroatoms. The Labute approximate surface area is 99.1 Å². The molecule has 1 aromatic heterocycles. The molecule has 0 fully saturated rings. The molecule has 1 rings (SSSR count). The normalized spacial score (nSPS) is 9.76. The summed E-state index contributed by atoms with van der Waals surface area (Å²) in [7, 11) is 0. The number of carbonyl (C=O) groups is 2. The number of aliphatic hydroxyl groups is 1. The van der Waals surface area contributed by atoms with Crippen LogP contribution in [0.5, 0.6) is 0 Å². The van der Waals surface area contributed by atoms with Crippen molar-refractivity contribution in [3.05, 3.63) is 23.9 Å². The molecule has 0 saturated heterocycles. The van der Waals surface area contributed by atoms with Gasteiger partial charge in [0.1, 0.15) is 5.82 Å². The van der Waals surface area contributed by atoms with Crippen LogP contribution in [0, 0.1) is 0 Å². The van der Waals surface area contributed by atoms with Gasteiger partial charge in [-0.05, 0) is 18.6 Å². The van der Waals surface area contributed by atoms with Crippen molar-refractivity contribution in [2.45, 2.75) is 13.3 Å². The van der Waals surface area contributed by atoms with Crippen LogP contribution in [-0.4, -0.2) is 35.1 Å². The molecule has 0 unspecified atom stereocenters. The maximum atomic E-state index is 11.6. The van der Waals surface area contributed by atoms with Gasteiger partial charge < -0.3 is 15.7 Å². The molecular weight excluding hydrogens is 222 g/mol. The van der Waals surface area contributed by atoms with E-state index in [2.05, 4.69) is 15.6 Å². The second-order valence-corrected chi connectivity index (χ2v) is 3.44. The number of aliphatic hydroxyl groups excluding tert-OH is 1. The molecule has 92 valence electrons. The highest BCUT2D eigenvalue weighted by atomic mass is 16.3. The standard InChI is InChI=1S/C11H15N3O3/c1-8(16)14-10-7-9(3-5-12-10)11(17)13-4-2-6-15/h3,5,7,15H,2,4,6H2,1H3,(H,13,17)(H,12,14,16). The van der Waals surface area contributed by atoms with E-state index in [9.17, 15) is 9.59 Å². The summed E-state index contributed by atoms with van der Waals surface area (Å²) in [6, 6.07) is 3.05. The van der Waals surface area contributed by atoms with E-state index in [-0.39, 0.29) is 18.4 Å². The number of aromatic nitrogens is 1. The van der Waals surface area contributed by atoms with Crippen molar-refractivity contribution in [2.24, 2.45) is 0 Å². The van der Waals surface area contributed by atoms with Crippen molar-refractivity contribution >= 4 is 17.6 Å². The molecule has 0 saturated carbocycles. The maximum absolute atomic E-state index is 11.6. The predicted octanol–water partition coefficient (Wildman–Crippen LogP) is 0.152. The molecule has 17 heavy (non-hydrogen) atoms. The second-order valence-electron chi connectivity index (χ2n) is 3.44. The van der Waals surface area contributed by atoms with E-state index in [0.29, 0.717) is 24.3 Å². The van der Waals surface area contributed by atoms with Crippen LogP contribution in [0.25, 0.3) is 0 Å². The summed E-state index contributed by atoms with van der Waals surface area (Å²) in [6.45, 7) is 1.82. The molecule has 0 aromatic carbocycles. The van der Waals surface area contributed by atoms with Crippen LogP contribution in [0.2, 0.25) is 0 Å². The van der Waals surface area contributed by atoms with Gasteiger partial charge in [-0.2, -0.15) is 0 Å². The lowest BCUT2D eigenvalue weighted by atomic mass is 10.2. The zero-order valence-electron chi connectivity index (χ0n) is 9.56. The smallest absolute Gasteiger partial charge is 0.251 e. The van der Waals surface area contributed by atoms with Gasteiger partial charge in [-0.25, -0.2) is 4.98 Å². The SMILES string of the molecule is CC(=O)Nc1cc(C(=O)NCCCO)ccn1. The lowest BCUT2D eigenvalue weighted by Crippen LogP contribution is -2.25. The van der Waals surface area contributed by atoms with Crippen LogP contribution >= 0.6 is 0 Å². The monoisotopic (exact) mass is 237 g/mol. The fourth-order valence-corrected chi connectivity index (χ4v) is 1.20. The summed E-state index contributed by atoms with van der Waals surface area (Å²) < 4.78 is 0. The van der Waals surface area contributed by atoms with E-state index < -0.39 is 0 Å². The van der Waals surface area contributed by atoms with Gasteiger partial charge in [-0.1, -0.05) is 0 Å². The summed E-state index contributed by atoms with van der Waals surface area (Å²) in [5.74, 6) is -0.157. The van der Waals surface area contributed by atoms with Gasteiger partial charge in [0.15, 0.2) is 0 Å². The third-order valence-electron chi connectivity index (χ3n) is 1.95. The van der Waals surface area contributed by atoms with E-state index in [4.69, 9.17) is 5.11 Å². The molecule has 0 atom stereocenters. The number of rotatable bonds is 5. The topological polar surface area (TPSA) is 91.3 Å². The third kappa shape index (κ3) is 4.60. The fraction of sp³-hybridized carbons (Fsp3) is 0.364. The second kappa shape index (κ2) is 6.59. The largest absolute Gasteiger partial charge is 0.396 e. The van der Waals surface area contributed by atoms with E-state index in [0.717, 1.165) is 0 Å². The van der Waals surface area contributed by atoms with Crippen molar-refractivity contribution in [1.29, 1.82) is 0 Å². The molecule has 1 aromatic rings. The van der Waals surface area contributed by atoms with Crippen molar-refractivity contribution in [3.63, 3.8) is 0 Å². The Morgan fingerprint density at radius 1 is 1.47 bits per heavy atom. The molecule has 2 amide bonds. The van der Waals surface area contributed by atoms with Crippen LogP contribution in [0.15, 0.2) is 18.3 Å². The van der Waals surface area contributed by atoms with E-state index in [1.807, 2.05) is 0 Å². The molecule has 3 N–H and O–H groups in total. The van der Waals surface area contributed by atoms with Crippen LogP contribution < -0.4 is 10.6 Å². The predicted molar refractivity (Wildman–Crippen MR) is 62.6 cm³/mol. The van der Waals surface area contributed by atoms with Gasteiger partial charge in [0.05, 0.1) is 0 Å². The Morgan fingerprint density at radius 2 is 2.24 bits per heavy atom. The minimum Gasteiger partial charge on any atom is -0.396 e. The molecule has 6 nitrogen and oxygen atoms in total. The minimum absolute atomic E-state index is 0.0355. The summed E-state index contributed by atoms with van der Waals surface area (Å²) in [6.07, 6.45) is 1.96. The van der Waals surface area contributed by atoms with Crippen LogP contribution in [0.1, 0.15) is 23.7 Å². The number of nitrogens with zero attached hydrogens (tertiary/aromatic N) is 1. The Balaban J connectivity index is 2.63. The highest BCUT2D eigenvalue weighted by Crippen LogP contribution is 2.06. The lowest BCUT2D eigenvalue weighted by Gasteiger charge is -2.05. The molecule has 0 aliphatic rings. The van der Waals surface area contributed by atoms with Crippen molar-refractivity contribution < 1.29 is 14.7 Å². The van der Waals surface area contributed by atoms with Gasteiger partial charge in [-0.15, -0.1) is 0 Å². The average Bonchev–Trinajstić information content (AvgIpc) is 2.28. The van der Waals surface area contributed by atoms with Crippen LogP contribution in [0.3, 0.4) is 0 Å². The van der Waals surface area contributed by atoms with Gasteiger partial charge in [0.25, 0.3) is 5.91 Å². The first-order valence-corrected chi connectivity index (χ1v) is 5.26. The van der Waals surface area contributed by atoms with Crippen LogP contribution in [0.4, 0.5) is 5.82 Å². The molecular formula is C11H15N3O3. The number of carbonyl (C=O) groups excluding carboxylic acids is 2. The number of anilines is 1. The summed E-state index contributed by atoms with van der Waals surface area (Å²) >= 11 is 0. The Morgan fingerprint density at radius 3 is 2.88 bits per heavy atom. The van der Waals surface area contributed by atoms with Crippen molar-refractivity contribution in [2.75, 3.05) is 18.5 Å². The first-order valence-electron chi connectivity index (χ1n) is 5.26. The number of hydrogen-bond acceptors (Lipinski definition) is 4. The zero-order valence-corrected chi connectivity index (χ0v) is 9.56. The zero-order chi connectivity index (χ0) is 12.7. The third-order valence-corrected chi connectivity index (χ3v) is 1.95. The van der Waals surface area contributed by atoms with E-state index in [1.165, 1.54) is 19.2 Å². The van der Waals surface area contributed by atoms with Gasteiger partial charge in [-0.3, -0.25) is 9.59 Å².